The molecule has 0 aromatic heterocycles. The van der Waals surface area contributed by atoms with E-state index in [0.29, 0.717) is 16.8 Å². The van der Waals surface area contributed by atoms with Crippen molar-refractivity contribution in [3.63, 3.8) is 0 Å². The molecule has 3 rings (SSSR count). The highest BCUT2D eigenvalue weighted by molar-refractivity contribution is 6.10. The van der Waals surface area contributed by atoms with Crippen LogP contribution in [0, 0.1) is 10.1 Å². The van der Waals surface area contributed by atoms with Crippen LogP contribution in [0.1, 0.15) is 33.2 Å². The number of ether oxygens (including phenoxy) is 1. The molecule has 0 radical (unpaired) electrons. The van der Waals surface area contributed by atoms with Crippen molar-refractivity contribution in [2.24, 2.45) is 0 Å². The number of hydrogen-bond donors (Lipinski definition) is 1. The number of hydrogen-bond acceptors (Lipinski definition) is 5. The molecule has 29 heavy (non-hydrogen) atoms. The maximum Gasteiger partial charge on any atom is 0.311 e. The molecule has 0 heterocycles. The zero-order chi connectivity index (χ0) is 20.8. The number of benzene rings is 3. The van der Waals surface area contributed by atoms with Crippen LogP contribution in [0.25, 0.3) is 0 Å². The number of anilines is 1. The van der Waals surface area contributed by atoms with E-state index in [-0.39, 0.29) is 29.4 Å². The fourth-order valence-electron chi connectivity index (χ4n) is 2.78. The second-order valence-corrected chi connectivity index (χ2v) is 6.10. The number of ketones is 1. The molecule has 0 saturated heterocycles. The van der Waals surface area contributed by atoms with Crippen LogP contribution in [-0.4, -0.2) is 23.2 Å². The molecule has 0 spiro atoms. The summed E-state index contributed by atoms with van der Waals surface area (Å²) < 4.78 is 5.22. The highest BCUT2D eigenvalue weighted by Gasteiger charge is 2.19. The summed E-state index contributed by atoms with van der Waals surface area (Å²) in [5.41, 5.74) is 1.20. The Morgan fingerprint density at radius 1 is 0.931 bits per heavy atom. The quantitative estimate of drug-likeness (QED) is 0.364. The van der Waals surface area contributed by atoms with Crippen LogP contribution in [0.15, 0.2) is 72.8 Å². The standard InChI is InChI=1S/C22H18N2O5/c1-2-29-20-12-11-17(14-19(20)24(27)28)22(26)23-18-10-6-9-16(13-18)21(25)15-7-4-3-5-8-15/h3-14H,2H2,1H3,(H,23,26). The van der Waals surface area contributed by atoms with Crippen molar-refractivity contribution in [3.05, 3.63) is 99.6 Å². The Bertz CT molecular complexity index is 1060. The van der Waals surface area contributed by atoms with Crippen molar-refractivity contribution >= 4 is 23.1 Å². The maximum absolute atomic E-state index is 12.6. The molecular weight excluding hydrogens is 372 g/mol. The normalized spacial score (nSPS) is 10.2. The second kappa shape index (κ2) is 8.79. The Labute approximate surface area is 167 Å². The van der Waals surface area contributed by atoms with Gasteiger partial charge in [0.05, 0.1) is 11.5 Å². The van der Waals surface area contributed by atoms with Crippen LogP contribution in [0.5, 0.6) is 5.75 Å². The summed E-state index contributed by atoms with van der Waals surface area (Å²) in [4.78, 5) is 35.8. The monoisotopic (exact) mass is 390 g/mol. The number of nitro benzene ring substituents is 1. The van der Waals surface area contributed by atoms with Gasteiger partial charge in [-0.2, -0.15) is 0 Å². The Kier molecular flexibility index (Phi) is 5.99. The molecule has 0 bridgehead atoms. The van der Waals surface area contributed by atoms with Gasteiger partial charge in [0.1, 0.15) is 0 Å². The molecular formula is C22H18N2O5. The van der Waals surface area contributed by atoms with E-state index in [2.05, 4.69) is 5.32 Å². The maximum atomic E-state index is 12.6. The minimum atomic E-state index is -0.596. The zero-order valence-electron chi connectivity index (χ0n) is 15.6. The molecule has 0 saturated carbocycles. The van der Waals surface area contributed by atoms with Crippen LogP contribution < -0.4 is 10.1 Å². The van der Waals surface area contributed by atoms with E-state index in [9.17, 15) is 19.7 Å². The van der Waals surface area contributed by atoms with Crippen molar-refractivity contribution in [2.75, 3.05) is 11.9 Å². The average Bonchev–Trinajstić information content (AvgIpc) is 2.74. The van der Waals surface area contributed by atoms with Crippen LogP contribution in [0.2, 0.25) is 0 Å². The number of nitrogens with one attached hydrogen (secondary N) is 1. The largest absolute Gasteiger partial charge is 0.487 e. The first-order chi connectivity index (χ1) is 14.0. The Balaban J connectivity index is 1.82. The first-order valence-electron chi connectivity index (χ1n) is 8.92. The number of nitrogens with zero attached hydrogens (tertiary/aromatic N) is 1. The molecule has 7 nitrogen and oxygen atoms in total. The molecule has 0 fully saturated rings. The fourth-order valence-corrected chi connectivity index (χ4v) is 2.78. The summed E-state index contributed by atoms with van der Waals surface area (Å²) in [6.07, 6.45) is 0. The third-order valence-electron chi connectivity index (χ3n) is 4.14. The Morgan fingerprint density at radius 2 is 1.66 bits per heavy atom. The van der Waals surface area contributed by atoms with Gasteiger partial charge in [0.2, 0.25) is 0 Å². The smallest absolute Gasteiger partial charge is 0.311 e. The van der Waals surface area contributed by atoms with Gasteiger partial charge in [-0.1, -0.05) is 42.5 Å². The molecule has 7 heteroatoms. The van der Waals surface area contributed by atoms with Gasteiger partial charge in [-0.05, 0) is 31.2 Å². The number of amides is 1. The van der Waals surface area contributed by atoms with Gasteiger partial charge in [-0.3, -0.25) is 19.7 Å². The van der Waals surface area contributed by atoms with E-state index < -0.39 is 10.8 Å². The predicted molar refractivity (Wildman–Crippen MR) is 109 cm³/mol. The first kappa shape index (κ1) is 19.8. The van der Waals surface area contributed by atoms with Crippen molar-refractivity contribution in [3.8, 4) is 5.75 Å². The molecule has 1 amide bonds. The molecule has 0 aliphatic heterocycles. The average molecular weight is 390 g/mol. The lowest BCUT2D eigenvalue weighted by Crippen LogP contribution is -2.13. The lowest BCUT2D eigenvalue weighted by atomic mass is 10.0. The minimum Gasteiger partial charge on any atom is -0.487 e. The highest BCUT2D eigenvalue weighted by atomic mass is 16.6. The summed E-state index contributed by atoms with van der Waals surface area (Å²) in [5.74, 6) is -0.594. The molecule has 3 aromatic rings. The summed E-state index contributed by atoms with van der Waals surface area (Å²) in [6, 6.07) is 19.3. The predicted octanol–water partition coefficient (Wildman–Crippen LogP) is 4.48. The lowest BCUT2D eigenvalue weighted by molar-refractivity contribution is -0.385. The number of rotatable bonds is 7. The summed E-state index contributed by atoms with van der Waals surface area (Å²) in [7, 11) is 0. The highest BCUT2D eigenvalue weighted by Crippen LogP contribution is 2.28. The van der Waals surface area contributed by atoms with Crippen molar-refractivity contribution in [2.45, 2.75) is 6.92 Å². The van der Waals surface area contributed by atoms with E-state index in [0.717, 1.165) is 0 Å². The number of nitro groups is 1. The lowest BCUT2D eigenvalue weighted by Gasteiger charge is -2.09. The first-order valence-corrected chi connectivity index (χ1v) is 8.92. The second-order valence-electron chi connectivity index (χ2n) is 6.10. The van der Waals surface area contributed by atoms with E-state index in [1.54, 1.807) is 55.5 Å². The van der Waals surface area contributed by atoms with Crippen molar-refractivity contribution in [1.82, 2.24) is 0 Å². The summed E-state index contributed by atoms with van der Waals surface area (Å²) >= 11 is 0. The van der Waals surface area contributed by atoms with E-state index in [1.807, 2.05) is 6.07 Å². The molecule has 0 unspecified atom stereocenters. The van der Waals surface area contributed by atoms with Gasteiger partial charge in [-0.15, -0.1) is 0 Å². The third-order valence-corrected chi connectivity index (χ3v) is 4.14. The molecule has 0 atom stereocenters. The minimum absolute atomic E-state index is 0.101. The molecule has 0 aliphatic rings. The van der Waals surface area contributed by atoms with Crippen molar-refractivity contribution < 1.29 is 19.2 Å². The fraction of sp³-hybridized carbons (Fsp3) is 0.0909. The van der Waals surface area contributed by atoms with Crippen LogP contribution in [0.4, 0.5) is 11.4 Å². The van der Waals surface area contributed by atoms with E-state index >= 15 is 0 Å². The van der Waals surface area contributed by atoms with Crippen LogP contribution in [-0.2, 0) is 0 Å². The molecule has 146 valence electrons. The zero-order valence-corrected chi connectivity index (χ0v) is 15.6. The third kappa shape index (κ3) is 4.65. The van der Waals surface area contributed by atoms with Crippen molar-refractivity contribution in [1.29, 1.82) is 0 Å². The van der Waals surface area contributed by atoms with Gasteiger partial charge in [-0.25, -0.2) is 0 Å². The van der Waals surface area contributed by atoms with E-state index in [1.165, 1.54) is 18.2 Å². The SMILES string of the molecule is CCOc1ccc(C(=O)Nc2cccc(C(=O)c3ccccc3)c2)cc1[N+](=O)[O-]. The summed E-state index contributed by atoms with van der Waals surface area (Å²) in [6.45, 7) is 1.99. The van der Waals surface area contributed by atoms with Crippen LogP contribution in [0.3, 0.4) is 0 Å². The number of carbonyl (C=O) groups excluding carboxylic acids is 2. The van der Waals surface area contributed by atoms with Gasteiger partial charge < -0.3 is 10.1 Å². The Hall–Kier alpha value is -4.00. The van der Waals surface area contributed by atoms with Gasteiger partial charge in [0, 0.05) is 28.4 Å². The van der Waals surface area contributed by atoms with E-state index in [4.69, 9.17) is 4.74 Å². The Morgan fingerprint density at radius 3 is 2.34 bits per heavy atom. The summed E-state index contributed by atoms with van der Waals surface area (Å²) in [5, 5.41) is 13.9. The molecule has 0 aliphatic carbocycles. The van der Waals surface area contributed by atoms with Gasteiger partial charge >= 0.3 is 5.69 Å². The van der Waals surface area contributed by atoms with Crippen LogP contribution >= 0.6 is 0 Å². The number of carbonyl (C=O) groups is 2. The molecule has 1 N–H and O–H groups in total. The van der Waals surface area contributed by atoms with Gasteiger partial charge in [0.15, 0.2) is 11.5 Å². The van der Waals surface area contributed by atoms with Gasteiger partial charge in [0.25, 0.3) is 5.91 Å². The topological polar surface area (TPSA) is 98.5 Å². The molecule has 3 aromatic carbocycles.